The van der Waals surface area contributed by atoms with Crippen LogP contribution in [0, 0.1) is 0 Å². The molecule has 0 atom stereocenters. The molecule has 53 heavy (non-hydrogen) atoms. The smallest absolute Gasteiger partial charge is 0.0541 e. The molecule has 0 aliphatic heterocycles. The average Bonchev–Trinajstić information content (AvgIpc) is 3.67. The van der Waals surface area contributed by atoms with Gasteiger partial charge in [-0.3, -0.25) is 0 Å². The van der Waals surface area contributed by atoms with Crippen molar-refractivity contribution < 1.29 is 0 Å². The molecule has 1 heterocycles. The highest BCUT2D eigenvalue weighted by atomic mass is 15.1. The molecule has 0 fully saturated rings. The lowest BCUT2D eigenvalue weighted by Gasteiger charge is -2.28. The fourth-order valence-corrected chi connectivity index (χ4v) is 8.52. The van der Waals surface area contributed by atoms with Crippen molar-refractivity contribution in [2.75, 3.05) is 4.90 Å². The monoisotopic (exact) mass is 678 g/mol. The van der Waals surface area contributed by atoms with Crippen LogP contribution in [0.4, 0.5) is 17.1 Å². The summed E-state index contributed by atoms with van der Waals surface area (Å²) in [5, 5.41) is 2.56. The van der Waals surface area contributed by atoms with E-state index in [1.54, 1.807) is 0 Å². The van der Waals surface area contributed by atoms with Gasteiger partial charge in [-0.15, -0.1) is 0 Å². The Morgan fingerprint density at radius 2 is 0.849 bits per heavy atom. The van der Waals surface area contributed by atoms with Gasteiger partial charge in [0, 0.05) is 38.9 Å². The van der Waals surface area contributed by atoms with E-state index in [2.05, 4.69) is 217 Å². The normalized spacial score (nSPS) is 12.9. The minimum atomic E-state index is -0.167. The number of rotatable bonds is 6. The third kappa shape index (κ3) is 5.10. The number of aromatic nitrogens is 1. The van der Waals surface area contributed by atoms with Crippen molar-refractivity contribution in [2.24, 2.45) is 0 Å². The van der Waals surface area contributed by atoms with Gasteiger partial charge in [0.25, 0.3) is 0 Å². The first-order chi connectivity index (χ1) is 26.0. The molecule has 1 aliphatic rings. The minimum Gasteiger partial charge on any atom is -0.310 e. The van der Waals surface area contributed by atoms with Crippen molar-refractivity contribution in [1.82, 2.24) is 4.57 Å². The van der Waals surface area contributed by atoms with Crippen LogP contribution in [-0.4, -0.2) is 4.57 Å². The van der Waals surface area contributed by atoms with Gasteiger partial charge in [0.2, 0.25) is 0 Å². The Morgan fingerprint density at radius 3 is 1.40 bits per heavy atom. The molecule has 1 aromatic heterocycles. The molecule has 0 spiro atoms. The lowest BCUT2D eigenvalue weighted by molar-refractivity contribution is 0.660. The van der Waals surface area contributed by atoms with Gasteiger partial charge in [0.05, 0.1) is 11.0 Å². The molecule has 0 saturated carbocycles. The molecule has 2 heteroatoms. The first kappa shape index (κ1) is 31.1. The number of hydrogen-bond acceptors (Lipinski definition) is 1. The molecule has 0 N–H and O–H groups in total. The summed E-state index contributed by atoms with van der Waals surface area (Å²) in [6, 6.07) is 70.8. The Bertz CT molecular complexity index is 2640. The van der Waals surface area contributed by atoms with E-state index in [0.717, 1.165) is 17.1 Å². The van der Waals surface area contributed by atoms with E-state index in [1.165, 1.54) is 72.0 Å². The largest absolute Gasteiger partial charge is 0.310 e. The van der Waals surface area contributed by atoms with Gasteiger partial charge in [-0.05, 0) is 105 Å². The average molecular weight is 679 g/mol. The van der Waals surface area contributed by atoms with Crippen molar-refractivity contribution in [3.05, 3.63) is 205 Å². The number of hydrogen-bond donors (Lipinski definition) is 0. The number of anilines is 3. The van der Waals surface area contributed by atoms with Crippen molar-refractivity contribution >= 4 is 38.9 Å². The van der Waals surface area contributed by atoms with E-state index in [1.807, 2.05) is 0 Å². The standard InChI is InChI=1S/C51H38N2/c1-51(2)47-32-30-41(53-49-19-11-9-17-44(49)45-18-10-12-20-50(45)53)33-46(47)43-31-29-42(34-48(43)51)52(39-25-21-37(22-26-39)35-13-5-3-6-14-35)40-27-23-38(24-28-40)36-15-7-4-8-16-36/h3-34H,1-2H3. The first-order valence-electron chi connectivity index (χ1n) is 18.4. The maximum absolute atomic E-state index is 2.42. The molecular formula is C51H38N2. The topological polar surface area (TPSA) is 8.17 Å². The van der Waals surface area contributed by atoms with Gasteiger partial charge < -0.3 is 9.47 Å². The molecule has 10 rings (SSSR count). The zero-order valence-corrected chi connectivity index (χ0v) is 29.9. The molecule has 252 valence electrons. The van der Waals surface area contributed by atoms with E-state index in [-0.39, 0.29) is 5.41 Å². The zero-order chi connectivity index (χ0) is 35.5. The molecule has 0 radical (unpaired) electrons. The Kier molecular flexibility index (Phi) is 7.19. The van der Waals surface area contributed by atoms with E-state index >= 15 is 0 Å². The van der Waals surface area contributed by atoms with Crippen LogP contribution in [0.15, 0.2) is 194 Å². The fourth-order valence-electron chi connectivity index (χ4n) is 8.52. The van der Waals surface area contributed by atoms with Crippen LogP contribution in [0.2, 0.25) is 0 Å². The molecule has 0 amide bonds. The van der Waals surface area contributed by atoms with Gasteiger partial charge in [0.15, 0.2) is 0 Å². The van der Waals surface area contributed by atoms with Gasteiger partial charge in [0.1, 0.15) is 0 Å². The summed E-state index contributed by atoms with van der Waals surface area (Å²) in [6.45, 7) is 4.74. The van der Waals surface area contributed by atoms with Crippen LogP contribution in [0.25, 0.3) is 60.9 Å². The summed E-state index contributed by atoms with van der Waals surface area (Å²) in [4.78, 5) is 2.40. The summed E-state index contributed by atoms with van der Waals surface area (Å²) in [5.41, 5.74) is 17.0. The zero-order valence-electron chi connectivity index (χ0n) is 29.9. The molecule has 0 bridgehead atoms. The summed E-state index contributed by atoms with van der Waals surface area (Å²) in [5.74, 6) is 0. The summed E-state index contributed by atoms with van der Waals surface area (Å²) < 4.78 is 2.42. The molecule has 2 nitrogen and oxygen atoms in total. The molecule has 0 unspecified atom stereocenters. The van der Waals surface area contributed by atoms with Crippen LogP contribution in [0.5, 0.6) is 0 Å². The number of nitrogens with zero attached hydrogens (tertiary/aromatic N) is 2. The Hall–Kier alpha value is -6.64. The Balaban J connectivity index is 1.09. The van der Waals surface area contributed by atoms with Gasteiger partial charge in [-0.25, -0.2) is 0 Å². The molecule has 8 aromatic carbocycles. The molecule has 9 aromatic rings. The van der Waals surface area contributed by atoms with Crippen LogP contribution < -0.4 is 4.90 Å². The summed E-state index contributed by atoms with van der Waals surface area (Å²) in [6.07, 6.45) is 0. The molecular weight excluding hydrogens is 641 g/mol. The highest BCUT2D eigenvalue weighted by molar-refractivity contribution is 6.09. The fraction of sp³-hybridized carbons (Fsp3) is 0.0588. The minimum absolute atomic E-state index is 0.167. The van der Waals surface area contributed by atoms with Gasteiger partial charge in [-0.2, -0.15) is 0 Å². The molecule has 0 saturated heterocycles. The highest BCUT2D eigenvalue weighted by Crippen LogP contribution is 2.51. The maximum atomic E-state index is 2.42. The van der Waals surface area contributed by atoms with Crippen molar-refractivity contribution in [1.29, 1.82) is 0 Å². The number of benzene rings is 8. The third-order valence-electron chi connectivity index (χ3n) is 11.2. The predicted molar refractivity (Wildman–Crippen MR) is 224 cm³/mol. The SMILES string of the molecule is CC1(C)c2ccc(-n3c4ccccc4c4ccccc43)cc2-c2ccc(N(c3ccc(-c4ccccc4)cc3)c3ccc(-c4ccccc4)cc3)cc21. The highest BCUT2D eigenvalue weighted by Gasteiger charge is 2.36. The Morgan fingerprint density at radius 1 is 0.377 bits per heavy atom. The van der Waals surface area contributed by atoms with Gasteiger partial charge >= 0.3 is 0 Å². The second-order valence-corrected chi connectivity index (χ2v) is 14.6. The van der Waals surface area contributed by atoms with Crippen LogP contribution in [-0.2, 0) is 5.41 Å². The first-order valence-corrected chi connectivity index (χ1v) is 18.4. The predicted octanol–water partition coefficient (Wildman–Crippen LogP) is 13.9. The number of fused-ring (bicyclic) bond motifs is 6. The van der Waals surface area contributed by atoms with E-state index in [0.29, 0.717) is 0 Å². The van der Waals surface area contributed by atoms with E-state index in [9.17, 15) is 0 Å². The van der Waals surface area contributed by atoms with Gasteiger partial charge in [-0.1, -0.05) is 147 Å². The van der Waals surface area contributed by atoms with Crippen molar-refractivity contribution in [2.45, 2.75) is 19.3 Å². The van der Waals surface area contributed by atoms with E-state index < -0.39 is 0 Å². The van der Waals surface area contributed by atoms with Crippen molar-refractivity contribution in [3.63, 3.8) is 0 Å². The van der Waals surface area contributed by atoms with Crippen molar-refractivity contribution in [3.8, 4) is 39.1 Å². The third-order valence-corrected chi connectivity index (χ3v) is 11.2. The lowest BCUT2D eigenvalue weighted by atomic mass is 9.82. The van der Waals surface area contributed by atoms with E-state index in [4.69, 9.17) is 0 Å². The second kappa shape index (κ2) is 12.3. The van der Waals surface area contributed by atoms with Crippen LogP contribution >= 0.6 is 0 Å². The Labute approximate surface area is 310 Å². The summed E-state index contributed by atoms with van der Waals surface area (Å²) >= 11 is 0. The summed E-state index contributed by atoms with van der Waals surface area (Å²) in [7, 11) is 0. The van der Waals surface area contributed by atoms with Crippen LogP contribution in [0.1, 0.15) is 25.0 Å². The second-order valence-electron chi connectivity index (χ2n) is 14.6. The molecule has 1 aliphatic carbocycles. The number of para-hydroxylation sites is 2. The maximum Gasteiger partial charge on any atom is 0.0541 e. The lowest BCUT2D eigenvalue weighted by Crippen LogP contribution is -2.16. The van der Waals surface area contributed by atoms with Crippen LogP contribution in [0.3, 0.4) is 0 Å². The quantitative estimate of drug-likeness (QED) is 0.170.